The van der Waals surface area contributed by atoms with Gasteiger partial charge in [0.05, 0.1) is 6.54 Å². The molecule has 0 heterocycles. The molecule has 0 radical (unpaired) electrons. The second-order valence-electron chi connectivity index (χ2n) is 3.95. The van der Waals surface area contributed by atoms with Crippen molar-refractivity contribution in [2.45, 2.75) is 18.8 Å². The van der Waals surface area contributed by atoms with Crippen LogP contribution in [0.1, 0.15) is 18.4 Å². The van der Waals surface area contributed by atoms with Crippen LogP contribution in [0.25, 0.3) is 0 Å². The van der Waals surface area contributed by atoms with Gasteiger partial charge in [-0.2, -0.15) is 8.78 Å². The largest absolute Gasteiger partial charge is 0.385 e. The van der Waals surface area contributed by atoms with Gasteiger partial charge < -0.3 is 10.1 Å². The van der Waals surface area contributed by atoms with Crippen molar-refractivity contribution in [3.8, 4) is 0 Å². The van der Waals surface area contributed by atoms with Crippen LogP contribution in [0.4, 0.5) is 8.78 Å². The van der Waals surface area contributed by atoms with Gasteiger partial charge in [-0.25, -0.2) is 0 Å². The molecule has 1 aromatic carbocycles. The van der Waals surface area contributed by atoms with Gasteiger partial charge in [0.1, 0.15) is 0 Å². The van der Waals surface area contributed by atoms with E-state index in [2.05, 4.69) is 5.32 Å². The van der Waals surface area contributed by atoms with Crippen LogP contribution in [0.15, 0.2) is 30.3 Å². The Balaban J connectivity index is 2.26. The van der Waals surface area contributed by atoms with Crippen molar-refractivity contribution in [1.29, 1.82) is 0 Å². The molecule has 0 saturated carbocycles. The third-order valence-corrected chi connectivity index (χ3v) is 2.50. The number of unbranched alkanes of at least 4 members (excludes halogenated alkanes) is 1. The van der Waals surface area contributed by atoms with Crippen molar-refractivity contribution in [3.63, 3.8) is 0 Å². The Morgan fingerprint density at radius 2 is 1.88 bits per heavy atom. The predicted octanol–water partition coefficient (Wildman–Crippen LogP) is 2.79. The van der Waals surface area contributed by atoms with Gasteiger partial charge >= 0.3 is 0 Å². The van der Waals surface area contributed by atoms with E-state index in [-0.39, 0.29) is 12.1 Å². The summed E-state index contributed by atoms with van der Waals surface area (Å²) in [5.41, 5.74) is 0.0596. The maximum atomic E-state index is 13.6. The van der Waals surface area contributed by atoms with Crippen molar-refractivity contribution < 1.29 is 13.5 Å². The van der Waals surface area contributed by atoms with Crippen LogP contribution in [0.3, 0.4) is 0 Å². The molecule has 0 amide bonds. The average molecular weight is 243 g/mol. The predicted molar refractivity (Wildman–Crippen MR) is 64.3 cm³/mol. The van der Waals surface area contributed by atoms with E-state index in [1.54, 1.807) is 25.3 Å². The number of ether oxygens (including phenoxy) is 1. The van der Waals surface area contributed by atoms with Gasteiger partial charge in [-0.15, -0.1) is 0 Å². The summed E-state index contributed by atoms with van der Waals surface area (Å²) in [5, 5.41) is 2.78. The van der Waals surface area contributed by atoms with Gasteiger partial charge in [0, 0.05) is 19.3 Å². The van der Waals surface area contributed by atoms with Crippen LogP contribution in [0.2, 0.25) is 0 Å². The lowest BCUT2D eigenvalue weighted by Gasteiger charge is -2.17. The van der Waals surface area contributed by atoms with E-state index in [0.29, 0.717) is 13.2 Å². The summed E-state index contributed by atoms with van der Waals surface area (Å²) in [5.74, 6) is -2.80. The molecule has 0 aliphatic carbocycles. The van der Waals surface area contributed by atoms with Gasteiger partial charge in [0.15, 0.2) is 0 Å². The van der Waals surface area contributed by atoms with E-state index < -0.39 is 5.92 Å². The lowest BCUT2D eigenvalue weighted by atomic mass is 10.1. The van der Waals surface area contributed by atoms with Gasteiger partial charge in [-0.1, -0.05) is 30.3 Å². The molecule has 0 bridgehead atoms. The third kappa shape index (κ3) is 5.24. The highest BCUT2D eigenvalue weighted by Crippen LogP contribution is 2.26. The maximum absolute atomic E-state index is 13.6. The Bertz CT molecular complexity index is 304. The molecule has 0 spiro atoms. The van der Waals surface area contributed by atoms with Gasteiger partial charge in [-0.05, 0) is 19.4 Å². The van der Waals surface area contributed by atoms with Crippen molar-refractivity contribution >= 4 is 0 Å². The van der Waals surface area contributed by atoms with Crippen molar-refractivity contribution in [1.82, 2.24) is 5.32 Å². The van der Waals surface area contributed by atoms with Crippen LogP contribution in [0, 0.1) is 0 Å². The molecule has 1 rings (SSSR count). The van der Waals surface area contributed by atoms with E-state index in [9.17, 15) is 8.78 Å². The number of rotatable bonds is 8. The topological polar surface area (TPSA) is 21.3 Å². The number of alkyl halides is 2. The molecule has 2 nitrogen and oxygen atoms in total. The highest BCUT2D eigenvalue weighted by atomic mass is 19.3. The summed E-state index contributed by atoms with van der Waals surface area (Å²) < 4.78 is 32.2. The fraction of sp³-hybridized carbons (Fsp3) is 0.538. The molecular formula is C13H19F2NO. The number of nitrogens with one attached hydrogen (secondary N) is 1. The fourth-order valence-electron chi connectivity index (χ4n) is 1.53. The molecule has 0 aliphatic heterocycles. The maximum Gasteiger partial charge on any atom is 0.285 e. The van der Waals surface area contributed by atoms with Crippen LogP contribution in [-0.2, 0) is 10.7 Å². The van der Waals surface area contributed by atoms with E-state index in [4.69, 9.17) is 4.74 Å². The second kappa shape index (κ2) is 7.35. The molecule has 0 unspecified atom stereocenters. The number of methoxy groups -OCH3 is 1. The minimum absolute atomic E-state index is 0.0596. The molecule has 17 heavy (non-hydrogen) atoms. The molecule has 0 aliphatic rings. The third-order valence-electron chi connectivity index (χ3n) is 2.50. The molecular weight excluding hydrogens is 224 g/mol. The van der Waals surface area contributed by atoms with Crippen molar-refractivity contribution in [2.75, 3.05) is 26.8 Å². The zero-order valence-electron chi connectivity index (χ0n) is 10.1. The first-order valence-electron chi connectivity index (χ1n) is 5.80. The van der Waals surface area contributed by atoms with Gasteiger partial charge in [0.2, 0.25) is 0 Å². The molecule has 96 valence electrons. The van der Waals surface area contributed by atoms with E-state index in [1.165, 1.54) is 12.1 Å². The smallest absolute Gasteiger partial charge is 0.285 e. The van der Waals surface area contributed by atoms with E-state index in [0.717, 1.165) is 12.8 Å². The minimum atomic E-state index is -2.80. The lowest BCUT2D eigenvalue weighted by Crippen LogP contribution is -2.31. The standard InChI is InChI=1S/C13H19F2NO/c1-17-10-6-5-9-16-11-13(14,15)12-7-3-2-4-8-12/h2-4,7-8,16H,5-6,9-11H2,1H3. The molecule has 1 N–H and O–H groups in total. The van der Waals surface area contributed by atoms with Crippen molar-refractivity contribution in [3.05, 3.63) is 35.9 Å². The van der Waals surface area contributed by atoms with Crippen molar-refractivity contribution in [2.24, 2.45) is 0 Å². The first-order valence-corrected chi connectivity index (χ1v) is 5.80. The lowest BCUT2D eigenvalue weighted by molar-refractivity contribution is -0.00308. The van der Waals surface area contributed by atoms with Crippen LogP contribution in [-0.4, -0.2) is 26.8 Å². The Hall–Kier alpha value is -1.00. The summed E-state index contributed by atoms with van der Waals surface area (Å²) in [4.78, 5) is 0. The Morgan fingerprint density at radius 1 is 1.18 bits per heavy atom. The summed E-state index contributed by atoms with van der Waals surface area (Å²) in [6.07, 6.45) is 1.74. The first-order chi connectivity index (χ1) is 8.17. The molecule has 0 saturated heterocycles. The van der Waals surface area contributed by atoms with E-state index in [1.807, 2.05) is 0 Å². The number of hydrogen-bond donors (Lipinski definition) is 1. The average Bonchev–Trinajstić information content (AvgIpc) is 2.35. The summed E-state index contributed by atoms with van der Waals surface area (Å²) in [6.45, 7) is 0.951. The van der Waals surface area contributed by atoms with E-state index >= 15 is 0 Å². The summed E-state index contributed by atoms with van der Waals surface area (Å²) >= 11 is 0. The first kappa shape index (κ1) is 14.1. The SMILES string of the molecule is COCCCCNCC(F)(F)c1ccccc1. The molecule has 0 aromatic heterocycles. The summed E-state index contributed by atoms with van der Waals surface area (Å²) in [7, 11) is 1.64. The zero-order valence-corrected chi connectivity index (χ0v) is 10.1. The monoisotopic (exact) mass is 243 g/mol. The highest BCUT2D eigenvalue weighted by molar-refractivity contribution is 5.20. The molecule has 0 fully saturated rings. The quantitative estimate of drug-likeness (QED) is 0.709. The highest BCUT2D eigenvalue weighted by Gasteiger charge is 2.30. The number of halogens is 2. The van der Waals surface area contributed by atoms with Gasteiger partial charge in [0.25, 0.3) is 5.92 Å². The van der Waals surface area contributed by atoms with Crippen LogP contribution >= 0.6 is 0 Å². The normalized spacial score (nSPS) is 11.7. The molecule has 0 atom stereocenters. The number of hydrogen-bond acceptors (Lipinski definition) is 2. The van der Waals surface area contributed by atoms with Gasteiger partial charge in [-0.3, -0.25) is 0 Å². The molecule has 4 heteroatoms. The summed E-state index contributed by atoms with van der Waals surface area (Å²) in [6, 6.07) is 7.89. The number of benzene rings is 1. The fourth-order valence-corrected chi connectivity index (χ4v) is 1.53. The van der Waals surface area contributed by atoms with Crippen LogP contribution < -0.4 is 5.32 Å². The second-order valence-corrected chi connectivity index (χ2v) is 3.95. The Morgan fingerprint density at radius 3 is 2.53 bits per heavy atom. The Kier molecular flexibility index (Phi) is 6.08. The molecule has 1 aromatic rings. The minimum Gasteiger partial charge on any atom is -0.385 e. The zero-order chi connectivity index (χ0) is 12.6. The Labute approximate surface area is 101 Å². The van der Waals surface area contributed by atoms with Crippen LogP contribution in [0.5, 0.6) is 0 Å².